The highest BCUT2D eigenvalue weighted by molar-refractivity contribution is 9.26. The molecule has 0 aliphatic heterocycles. The SMILES string of the molecule is O=C(Br)S(=O)(=O)C(=O)Br. The first-order valence-corrected chi connectivity index (χ1v) is 4.60. The maximum Gasteiger partial charge on any atom is 0.320 e. The van der Waals surface area contributed by atoms with E-state index in [-0.39, 0.29) is 0 Å². The van der Waals surface area contributed by atoms with Crippen LogP contribution in [0.25, 0.3) is 0 Å². The normalized spacial score (nSPS) is 10.9. The van der Waals surface area contributed by atoms with Gasteiger partial charge in [0.1, 0.15) is 0 Å². The van der Waals surface area contributed by atoms with E-state index in [2.05, 4.69) is 31.9 Å². The third kappa shape index (κ3) is 2.15. The molecule has 7 heteroatoms. The van der Waals surface area contributed by atoms with Crippen molar-refractivity contribution in [3.8, 4) is 0 Å². The van der Waals surface area contributed by atoms with E-state index in [9.17, 15) is 18.0 Å². The van der Waals surface area contributed by atoms with Gasteiger partial charge in [-0.15, -0.1) is 0 Å². The highest BCUT2D eigenvalue weighted by Gasteiger charge is 2.26. The molecular weight excluding hydrogens is 280 g/mol. The number of rotatable bonds is 0. The second kappa shape index (κ2) is 2.89. The van der Waals surface area contributed by atoms with Crippen LogP contribution in [0, 0.1) is 0 Å². The van der Waals surface area contributed by atoms with Crippen LogP contribution in [0.2, 0.25) is 0 Å². The van der Waals surface area contributed by atoms with Gasteiger partial charge in [-0.25, -0.2) is 8.42 Å². The van der Waals surface area contributed by atoms with E-state index in [1.54, 1.807) is 0 Å². The summed E-state index contributed by atoms with van der Waals surface area (Å²) in [5, 5.41) is 0. The number of halogens is 2. The minimum Gasteiger partial charge on any atom is -0.268 e. The van der Waals surface area contributed by atoms with Gasteiger partial charge in [0, 0.05) is 31.9 Å². The summed E-state index contributed by atoms with van der Waals surface area (Å²) >= 11 is 4.24. The molecule has 0 amide bonds. The monoisotopic (exact) mass is 278 g/mol. The molecule has 52 valence electrons. The van der Waals surface area contributed by atoms with Gasteiger partial charge >= 0.3 is 8.05 Å². The lowest BCUT2D eigenvalue weighted by Crippen LogP contribution is -2.11. The van der Waals surface area contributed by atoms with Crippen molar-refractivity contribution >= 4 is 49.7 Å². The molecule has 0 saturated carbocycles. The zero-order chi connectivity index (χ0) is 7.65. The van der Waals surface area contributed by atoms with Crippen LogP contribution < -0.4 is 0 Å². The van der Waals surface area contributed by atoms with E-state index in [4.69, 9.17) is 0 Å². The van der Waals surface area contributed by atoms with E-state index in [1.165, 1.54) is 0 Å². The average Bonchev–Trinajstić information content (AvgIpc) is 1.65. The fourth-order valence-electron chi connectivity index (χ4n) is 0.0631. The highest BCUT2D eigenvalue weighted by Crippen LogP contribution is 2.07. The Hall–Kier alpha value is 0.250. The molecule has 0 atom stereocenters. The molecule has 0 aromatic carbocycles. The van der Waals surface area contributed by atoms with Crippen LogP contribution in [0.5, 0.6) is 0 Å². The van der Waals surface area contributed by atoms with Gasteiger partial charge in [0.2, 0.25) is 0 Å². The molecule has 4 nitrogen and oxygen atoms in total. The van der Waals surface area contributed by atoms with Gasteiger partial charge in [-0.3, -0.25) is 9.59 Å². The summed E-state index contributed by atoms with van der Waals surface area (Å²) in [4.78, 5) is 20.0. The zero-order valence-electron chi connectivity index (χ0n) is 3.80. The first-order valence-electron chi connectivity index (χ1n) is 1.53. The lowest BCUT2D eigenvalue weighted by atomic mass is 11.8. The third-order valence-corrected chi connectivity index (χ3v) is 3.82. The van der Waals surface area contributed by atoms with Gasteiger partial charge in [0.15, 0.2) is 0 Å². The molecule has 0 unspecified atom stereocenters. The van der Waals surface area contributed by atoms with Crippen molar-refractivity contribution < 1.29 is 18.0 Å². The van der Waals surface area contributed by atoms with Gasteiger partial charge < -0.3 is 0 Å². The van der Waals surface area contributed by atoms with Gasteiger partial charge in [0.25, 0.3) is 9.84 Å². The Kier molecular flexibility index (Phi) is 2.97. The first kappa shape index (κ1) is 9.25. The van der Waals surface area contributed by atoms with Gasteiger partial charge in [-0.2, -0.15) is 0 Å². The Labute approximate surface area is 67.8 Å². The maximum atomic E-state index is 10.2. The Morgan fingerprint density at radius 2 is 1.22 bits per heavy atom. The van der Waals surface area contributed by atoms with Crippen molar-refractivity contribution in [1.29, 1.82) is 0 Å². The summed E-state index contributed by atoms with van der Waals surface area (Å²) in [6.07, 6.45) is 0. The molecule has 0 heterocycles. The van der Waals surface area contributed by atoms with E-state index in [1.807, 2.05) is 0 Å². The summed E-state index contributed by atoms with van der Waals surface area (Å²) in [6.45, 7) is 0. The van der Waals surface area contributed by atoms with E-state index in [0.717, 1.165) is 0 Å². The molecule has 0 saturated heterocycles. The number of hydrogen-bond acceptors (Lipinski definition) is 4. The van der Waals surface area contributed by atoms with Crippen LogP contribution in [-0.2, 0) is 9.84 Å². The molecule has 0 aliphatic rings. The third-order valence-electron chi connectivity index (χ3n) is 0.423. The van der Waals surface area contributed by atoms with E-state index < -0.39 is 17.9 Å². The number of carbonyl (C=O) groups is 2. The second-order valence-electron chi connectivity index (χ2n) is 0.979. The summed E-state index contributed by atoms with van der Waals surface area (Å²) < 4.78 is 17.8. The number of carbonyl (C=O) groups excluding carboxylic acids is 2. The molecule has 0 spiro atoms. The Bertz CT molecular complexity index is 219. The molecule has 0 aromatic heterocycles. The molecule has 9 heavy (non-hydrogen) atoms. The standard InChI is InChI=1S/C2Br2O4S/c3-1(5)9(7,8)2(4)6. The van der Waals surface area contributed by atoms with Crippen LogP contribution in [0.3, 0.4) is 0 Å². The van der Waals surface area contributed by atoms with Crippen molar-refractivity contribution in [1.82, 2.24) is 0 Å². The number of sulfone groups is 1. The van der Waals surface area contributed by atoms with Crippen LogP contribution in [0.15, 0.2) is 0 Å². The van der Waals surface area contributed by atoms with Gasteiger partial charge in [-0.05, 0) is 0 Å². The van der Waals surface area contributed by atoms with E-state index >= 15 is 0 Å². The van der Waals surface area contributed by atoms with Crippen LogP contribution in [0.4, 0.5) is 9.59 Å². The average molecular weight is 280 g/mol. The molecule has 0 fully saturated rings. The minimum atomic E-state index is -4.26. The zero-order valence-corrected chi connectivity index (χ0v) is 7.79. The highest BCUT2D eigenvalue weighted by atomic mass is 79.9. The summed E-state index contributed by atoms with van der Waals surface area (Å²) in [6, 6.07) is 0. The van der Waals surface area contributed by atoms with Crippen molar-refractivity contribution in [2.45, 2.75) is 0 Å². The lowest BCUT2D eigenvalue weighted by molar-refractivity contribution is 0.271. The largest absolute Gasteiger partial charge is 0.320 e. The quantitative estimate of drug-likeness (QED) is 0.629. The maximum absolute atomic E-state index is 10.2. The van der Waals surface area contributed by atoms with Crippen molar-refractivity contribution in [3.63, 3.8) is 0 Å². The Morgan fingerprint density at radius 3 is 1.22 bits per heavy atom. The predicted octanol–water partition coefficient (Wildman–Crippen LogP) is 1.43. The topological polar surface area (TPSA) is 68.3 Å². The Morgan fingerprint density at radius 1 is 1.00 bits per heavy atom. The lowest BCUT2D eigenvalue weighted by Gasteiger charge is -1.84. The molecule has 0 bridgehead atoms. The van der Waals surface area contributed by atoms with Crippen LogP contribution in [-0.4, -0.2) is 16.5 Å². The van der Waals surface area contributed by atoms with Crippen molar-refractivity contribution in [3.05, 3.63) is 0 Å². The molecule has 0 rings (SSSR count). The predicted molar refractivity (Wildman–Crippen MR) is 37.6 cm³/mol. The van der Waals surface area contributed by atoms with Crippen molar-refractivity contribution in [2.24, 2.45) is 0 Å². The van der Waals surface area contributed by atoms with Gasteiger partial charge in [0.05, 0.1) is 0 Å². The second-order valence-corrected chi connectivity index (χ2v) is 5.22. The summed E-state index contributed by atoms with van der Waals surface area (Å²) in [7, 11) is -4.26. The van der Waals surface area contributed by atoms with E-state index in [0.29, 0.717) is 0 Å². The molecule has 0 N–H and O–H groups in total. The van der Waals surface area contributed by atoms with Crippen LogP contribution >= 0.6 is 31.9 Å². The smallest absolute Gasteiger partial charge is 0.268 e. The van der Waals surface area contributed by atoms with Crippen LogP contribution in [0.1, 0.15) is 0 Å². The fourth-order valence-corrected chi connectivity index (χ4v) is 1.72. The number of hydrogen-bond donors (Lipinski definition) is 0. The minimum absolute atomic E-state index is 1.34. The van der Waals surface area contributed by atoms with Gasteiger partial charge in [-0.1, -0.05) is 0 Å². The fraction of sp³-hybridized carbons (Fsp3) is 0. The molecule has 0 aliphatic carbocycles. The first-order chi connectivity index (χ1) is 3.89. The molecule has 0 aromatic rings. The Balaban J connectivity index is 4.87. The molecule has 0 radical (unpaired) electrons. The van der Waals surface area contributed by atoms with Crippen molar-refractivity contribution in [2.75, 3.05) is 0 Å². The summed E-state index contributed by atoms with van der Waals surface area (Å²) in [5.41, 5.74) is 0. The molecular formula is C2Br2O4S. The summed E-state index contributed by atoms with van der Waals surface area (Å²) in [5.74, 6) is 0.